The van der Waals surface area contributed by atoms with E-state index in [1.807, 2.05) is 0 Å². The van der Waals surface area contributed by atoms with E-state index in [-0.39, 0.29) is 24.0 Å². The summed E-state index contributed by atoms with van der Waals surface area (Å²) in [6.07, 6.45) is 1.35. The molecule has 0 aliphatic carbocycles. The summed E-state index contributed by atoms with van der Waals surface area (Å²) in [5.74, 6) is -1.52. The van der Waals surface area contributed by atoms with E-state index in [0.29, 0.717) is 12.4 Å². The van der Waals surface area contributed by atoms with Gasteiger partial charge in [-0.15, -0.1) is 0 Å². The van der Waals surface area contributed by atoms with Crippen LogP contribution in [0.2, 0.25) is 0 Å². The minimum absolute atomic E-state index is 0.101. The summed E-state index contributed by atoms with van der Waals surface area (Å²) in [6, 6.07) is 3.83. The highest BCUT2D eigenvalue weighted by atomic mass is 16.5. The van der Waals surface area contributed by atoms with E-state index in [4.69, 9.17) is 4.74 Å². The van der Waals surface area contributed by atoms with Crippen LogP contribution in [-0.4, -0.2) is 78.8 Å². The molecule has 9 heteroatoms. The van der Waals surface area contributed by atoms with E-state index in [2.05, 4.69) is 15.5 Å². The molecule has 154 valence electrons. The van der Waals surface area contributed by atoms with Crippen molar-refractivity contribution < 1.29 is 23.9 Å². The summed E-state index contributed by atoms with van der Waals surface area (Å²) in [6.45, 7) is 5.26. The van der Waals surface area contributed by atoms with Gasteiger partial charge in [0.05, 0.1) is 11.1 Å². The first-order valence-electron chi connectivity index (χ1n) is 9.96. The normalized spacial score (nSPS) is 23.0. The van der Waals surface area contributed by atoms with Crippen LogP contribution in [0.25, 0.3) is 0 Å². The SMILES string of the molecule is O=C1CCC(N2C(=O)c3ccc(OCCN4CCCNCC4)cc3C2=O)C(=O)N1. The highest BCUT2D eigenvalue weighted by Crippen LogP contribution is 2.30. The molecule has 2 N–H and O–H groups in total. The zero-order chi connectivity index (χ0) is 20.4. The smallest absolute Gasteiger partial charge is 0.262 e. The minimum atomic E-state index is -0.957. The third kappa shape index (κ3) is 4.01. The number of imide groups is 2. The quantitative estimate of drug-likeness (QED) is 0.657. The van der Waals surface area contributed by atoms with Gasteiger partial charge in [0, 0.05) is 26.1 Å². The molecule has 0 aromatic heterocycles. The van der Waals surface area contributed by atoms with E-state index in [9.17, 15) is 19.2 Å². The predicted molar refractivity (Wildman–Crippen MR) is 103 cm³/mol. The van der Waals surface area contributed by atoms with Gasteiger partial charge in [-0.3, -0.25) is 34.3 Å². The second kappa shape index (κ2) is 8.30. The van der Waals surface area contributed by atoms with E-state index in [0.717, 1.165) is 44.0 Å². The predicted octanol–water partition coefficient (Wildman–Crippen LogP) is -0.238. The van der Waals surface area contributed by atoms with Crippen molar-refractivity contribution in [2.24, 2.45) is 0 Å². The summed E-state index contributed by atoms with van der Waals surface area (Å²) in [5, 5.41) is 5.55. The summed E-state index contributed by atoms with van der Waals surface area (Å²) in [5.41, 5.74) is 0.488. The molecule has 1 atom stereocenters. The van der Waals surface area contributed by atoms with Gasteiger partial charge in [0.2, 0.25) is 11.8 Å². The van der Waals surface area contributed by atoms with Crippen LogP contribution < -0.4 is 15.4 Å². The largest absolute Gasteiger partial charge is 0.492 e. The Morgan fingerprint density at radius 3 is 2.69 bits per heavy atom. The lowest BCUT2D eigenvalue weighted by Gasteiger charge is -2.27. The third-order valence-electron chi connectivity index (χ3n) is 5.52. The molecule has 2 saturated heterocycles. The van der Waals surface area contributed by atoms with Crippen molar-refractivity contribution in [1.29, 1.82) is 0 Å². The molecule has 0 spiro atoms. The summed E-state index contributed by atoms with van der Waals surface area (Å²) in [4.78, 5) is 52.2. The number of rotatable bonds is 5. The number of hydrogen-bond donors (Lipinski definition) is 2. The Morgan fingerprint density at radius 2 is 1.86 bits per heavy atom. The van der Waals surface area contributed by atoms with Gasteiger partial charge < -0.3 is 10.1 Å². The number of ether oxygens (including phenoxy) is 1. The van der Waals surface area contributed by atoms with Crippen LogP contribution in [0.1, 0.15) is 40.0 Å². The van der Waals surface area contributed by atoms with E-state index < -0.39 is 29.7 Å². The van der Waals surface area contributed by atoms with Crippen molar-refractivity contribution in [1.82, 2.24) is 20.4 Å². The van der Waals surface area contributed by atoms with Gasteiger partial charge in [0.25, 0.3) is 11.8 Å². The molecule has 3 aliphatic heterocycles. The lowest BCUT2D eigenvalue weighted by atomic mass is 10.0. The van der Waals surface area contributed by atoms with Crippen molar-refractivity contribution in [2.45, 2.75) is 25.3 Å². The maximum atomic E-state index is 12.8. The minimum Gasteiger partial charge on any atom is -0.492 e. The second-order valence-corrected chi connectivity index (χ2v) is 7.45. The maximum Gasteiger partial charge on any atom is 0.262 e. The molecule has 0 saturated carbocycles. The van der Waals surface area contributed by atoms with Gasteiger partial charge in [-0.05, 0) is 44.1 Å². The van der Waals surface area contributed by atoms with Crippen molar-refractivity contribution in [2.75, 3.05) is 39.3 Å². The topological polar surface area (TPSA) is 108 Å². The zero-order valence-electron chi connectivity index (χ0n) is 16.1. The van der Waals surface area contributed by atoms with E-state index >= 15 is 0 Å². The van der Waals surface area contributed by atoms with Gasteiger partial charge in [0.1, 0.15) is 18.4 Å². The van der Waals surface area contributed by atoms with Crippen LogP contribution in [0.4, 0.5) is 0 Å². The van der Waals surface area contributed by atoms with Crippen LogP contribution >= 0.6 is 0 Å². The first-order chi connectivity index (χ1) is 14.0. The van der Waals surface area contributed by atoms with Gasteiger partial charge in [-0.2, -0.15) is 0 Å². The van der Waals surface area contributed by atoms with Gasteiger partial charge >= 0.3 is 0 Å². The van der Waals surface area contributed by atoms with Crippen LogP contribution in [0.15, 0.2) is 18.2 Å². The van der Waals surface area contributed by atoms with Gasteiger partial charge in [0.15, 0.2) is 0 Å². The Balaban J connectivity index is 1.41. The molecule has 9 nitrogen and oxygen atoms in total. The molecular formula is C20H24N4O5. The number of hydrogen-bond acceptors (Lipinski definition) is 7. The molecule has 4 amide bonds. The fraction of sp³-hybridized carbons (Fsp3) is 0.500. The van der Waals surface area contributed by atoms with Crippen LogP contribution in [0.5, 0.6) is 5.75 Å². The standard InChI is InChI=1S/C20H24N4O5/c25-17-5-4-16(18(26)22-17)24-19(27)14-3-2-13(12-15(14)20(24)28)29-11-10-23-8-1-6-21-7-9-23/h2-3,12,16,21H,1,4-11H2,(H,22,25,26). The molecular weight excluding hydrogens is 376 g/mol. The molecule has 3 aliphatic rings. The fourth-order valence-electron chi connectivity index (χ4n) is 3.96. The fourth-order valence-corrected chi connectivity index (χ4v) is 3.96. The summed E-state index contributed by atoms with van der Waals surface area (Å²) < 4.78 is 5.81. The number of nitrogens with one attached hydrogen (secondary N) is 2. The van der Waals surface area contributed by atoms with Crippen LogP contribution in [0, 0.1) is 0 Å². The molecule has 0 radical (unpaired) electrons. The molecule has 4 rings (SSSR count). The summed E-state index contributed by atoms with van der Waals surface area (Å²) >= 11 is 0. The van der Waals surface area contributed by atoms with Crippen molar-refractivity contribution >= 4 is 23.6 Å². The Hall–Kier alpha value is -2.78. The Morgan fingerprint density at radius 1 is 1.03 bits per heavy atom. The Bertz CT molecular complexity index is 847. The van der Waals surface area contributed by atoms with Gasteiger partial charge in [-0.1, -0.05) is 0 Å². The highest BCUT2D eigenvalue weighted by Gasteiger charge is 2.44. The molecule has 3 heterocycles. The average Bonchev–Trinajstić information content (AvgIpc) is 2.87. The molecule has 1 aromatic rings. The first kappa shape index (κ1) is 19.5. The highest BCUT2D eigenvalue weighted by molar-refractivity contribution is 6.23. The lowest BCUT2D eigenvalue weighted by Crippen LogP contribution is -2.54. The van der Waals surface area contributed by atoms with Crippen LogP contribution in [0.3, 0.4) is 0 Å². The number of piperidine rings is 1. The first-order valence-corrected chi connectivity index (χ1v) is 9.96. The average molecular weight is 400 g/mol. The van der Waals surface area contributed by atoms with E-state index in [1.54, 1.807) is 18.2 Å². The third-order valence-corrected chi connectivity index (χ3v) is 5.52. The number of fused-ring (bicyclic) bond motifs is 1. The van der Waals surface area contributed by atoms with Crippen molar-refractivity contribution in [3.05, 3.63) is 29.3 Å². The van der Waals surface area contributed by atoms with E-state index in [1.165, 1.54) is 0 Å². The molecule has 1 aromatic carbocycles. The van der Waals surface area contributed by atoms with Crippen LogP contribution in [-0.2, 0) is 9.59 Å². The lowest BCUT2D eigenvalue weighted by molar-refractivity contribution is -0.136. The summed E-state index contributed by atoms with van der Waals surface area (Å²) in [7, 11) is 0. The number of carbonyl (C=O) groups excluding carboxylic acids is 4. The molecule has 29 heavy (non-hydrogen) atoms. The van der Waals surface area contributed by atoms with Crippen molar-refractivity contribution in [3.63, 3.8) is 0 Å². The Labute approximate surface area is 168 Å². The second-order valence-electron chi connectivity index (χ2n) is 7.45. The monoisotopic (exact) mass is 400 g/mol. The number of amides is 4. The maximum absolute atomic E-state index is 12.8. The number of benzene rings is 1. The number of nitrogens with zero attached hydrogens (tertiary/aromatic N) is 2. The molecule has 2 fully saturated rings. The molecule has 1 unspecified atom stereocenters. The number of carbonyl (C=O) groups is 4. The molecule has 0 bridgehead atoms. The zero-order valence-corrected chi connectivity index (χ0v) is 16.1. The van der Waals surface area contributed by atoms with Crippen molar-refractivity contribution in [3.8, 4) is 5.75 Å². The Kier molecular flexibility index (Phi) is 5.59. The van der Waals surface area contributed by atoms with Gasteiger partial charge in [-0.25, -0.2) is 0 Å².